The fraction of sp³-hybridized carbons (Fsp3) is 0.769. The number of ether oxygens (including phenoxy) is 1. The Morgan fingerprint density at radius 2 is 2.21 bits per heavy atom. The van der Waals surface area contributed by atoms with E-state index < -0.39 is 0 Å². The van der Waals surface area contributed by atoms with E-state index in [1.165, 1.54) is 0 Å². The first-order valence-corrected chi connectivity index (χ1v) is 7.28. The van der Waals surface area contributed by atoms with Gasteiger partial charge in [-0.05, 0) is 25.8 Å². The number of aromatic nitrogens is 2. The number of likely N-dealkylation sites (tertiary alicyclic amines) is 1. The van der Waals surface area contributed by atoms with Crippen molar-refractivity contribution in [2.75, 3.05) is 26.2 Å². The number of nitrogens with two attached hydrogens (primary N) is 1. The van der Waals surface area contributed by atoms with Crippen LogP contribution in [0.1, 0.15) is 25.1 Å². The summed E-state index contributed by atoms with van der Waals surface area (Å²) < 4.78 is 7.74. The lowest BCUT2D eigenvalue weighted by molar-refractivity contribution is 0.00502. The van der Waals surface area contributed by atoms with Gasteiger partial charge in [-0.3, -0.25) is 4.90 Å². The Morgan fingerprint density at radius 1 is 1.47 bits per heavy atom. The van der Waals surface area contributed by atoms with Crippen LogP contribution in [-0.4, -0.2) is 46.8 Å². The molecule has 1 aromatic heterocycles. The molecule has 0 unspecified atom stereocenters. The van der Waals surface area contributed by atoms with Crippen molar-refractivity contribution in [2.45, 2.75) is 31.9 Å². The Kier molecular flexibility index (Phi) is 5.63. The quantitative estimate of drug-likeness (QED) is 0.803. The number of nitrogens with zero attached hydrogens (tertiary/aromatic N) is 3. The van der Waals surface area contributed by atoms with Gasteiger partial charge in [-0.2, -0.15) is 0 Å². The maximum absolute atomic E-state index is 5.99. The first-order valence-electron chi connectivity index (χ1n) is 6.91. The lowest BCUT2D eigenvalue weighted by Gasteiger charge is -2.31. The SMILES string of the molecule is Cn1c(Cl)cnc1CN1CCC(OCCCN)CC1. The van der Waals surface area contributed by atoms with Gasteiger partial charge in [-0.15, -0.1) is 0 Å². The molecule has 108 valence electrons. The third-order valence-electron chi connectivity index (χ3n) is 3.63. The number of rotatable bonds is 6. The van der Waals surface area contributed by atoms with E-state index in [0.717, 1.165) is 51.3 Å². The van der Waals surface area contributed by atoms with E-state index in [1.54, 1.807) is 6.20 Å². The zero-order valence-electron chi connectivity index (χ0n) is 11.5. The molecule has 2 rings (SSSR count). The topological polar surface area (TPSA) is 56.3 Å². The van der Waals surface area contributed by atoms with Crippen LogP contribution in [0.5, 0.6) is 0 Å². The third kappa shape index (κ3) is 4.18. The van der Waals surface area contributed by atoms with Gasteiger partial charge in [0.2, 0.25) is 0 Å². The third-order valence-corrected chi connectivity index (χ3v) is 3.98. The van der Waals surface area contributed by atoms with Gasteiger partial charge in [0.15, 0.2) is 0 Å². The predicted molar refractivity (Wildman–Crippen MR) is 76.1 cm³/mol. The van der Waals surface area contributed by atoms with Gasteiger partial charge in [-0.1, -0.05) is 11.6 Å². The van der Waals surface area contributed by atoms with E-state index in [-0.39, 0.29) is 0 Å². The van der Waals surface area contributed by atoms with Gasteiger partial charge in [-0.25, -0.2) is 4.98 Å². The molecule has 2 N–H and O–H groups in total. The molecular formula is C13H23ClN4O. The number of imidazole rings is 1. The van der Waals surface area contributed by atoms with E-state index in [9.17, 15) is 0 Å². The van der Waals surface area contributed by atoms with Crippen LogP contribution in [0, 0.1) is 0 Å². The van der Waals surface area contributed by atoms with Gasteiger partial charge in [0.05, 0.1) is 18.8 Å². The summed E-state index contributed by atoms with van der Waals surface area (Å²) in [6.45, 7) is 4.46. The molecule has 0 aliphatic carbocycles. The molecule has 0 amide bonds. The second-order valence-corrected chi connectivity index (χ2v) is 5.43. The molecule has 1 aliphatic rings. The Bertz CT molecular complexity index is 388. The molecule has 0 aromatic carbocycles. The second kappa shape index (κ2) is 7.24. The van der Waals surface area contributed by atoms with E-state index in [4.69, 9.17) is 22.1 Å². The van der Waals surface area contributed by atoms with Crippen molar-refractivity contribution in [2.24, 2.45) is 12.8 Å². The van der Waals surface area contributed by atoms with Crippen LogP contribution in [0.15, 0.2) is 6.20 Å². The van der Waals surface area contributed by atoms with Crippen molar-refractivity contribution < 1.29 is 4.74 Å². The second-order valence-electron chi connectivity index (χ2n) is 5.04. The van der Waals surface area contributed by atoms with Gasteiger partial charge in [0.1, 0.15) is 11.0 Å². The fourth-order valence-corrected chi connectivity index (χ4v) is 2.48. The summed E-state index contributed by atoms with van der Waals surface area (Å²) in [6, 6.07) is 0. The van der Waals surface area contributed by atoms with Crippen LogP contribution >= 0.6 is 11.6 Å². The number of halogens is 1. The minimum atomic E-state index is 0.396. The Hall–Kier alpha value is -0.620. The lowest BCUT2D eigenvalue weighted by Crippen LogP contribution is -2.37. The van der Waals surface area contributed by atoms with Crippen molar-refractivity contribution in [3.63, 3.8) is 0 Å². The molecule has 0 radical (unpaired) electrons. The molecule has 2 heterocycles. The van der Waals surface area contributed by atoms with E-state index in [2.05, 4.69) is 9.88 Å². The highest BCUT2D eigenvalue weighted by molar-refractivity contribution is 6.29. The normalized spacial score (nSPS) is 18.1. The van der Waals surface area contributed by atoms with Crippen molar-refractivity contribution in [3.8, 4) is 0 Å². The van der Waals surface area contributed by atoms with Gasteiger partial charge in [0.25, 0.3) is 0 Å². The number of piperidine rings is 1. The molecule has 6 heteroatoms. The van der Waals surface area contributed by atoms with Crippen LogP contribution in [0.2, 0.25) is 5.15 Å². The number of hydrogen-bond donors (Lipinski definition) is 1. The summed E-state index contributed by atoms with van der Waals surface area (Å²) in [5, 5.41) is 0.690. The van der Waals surface area contributed by atoms with Crippen molar-refractivity contribution in [1.29, 1.82) is 0 Å². The molecule has 1 fully saturated rings. The molecule has 1 saturated heterocycles. The average Bonchev–Trinajstić information content (AvgIpc) is 2.73. The molecule has 0 saturated carbocycles. The minimum Gasteiger partial charge on any atom is -0.378 e. The van der Waals surface area contributed by atoms with Crippen molar-refractivity contribution >= 4 is 11.6 Å². The zero-order valence-corrected chi connectivity index (χ0v) is 12.3. The zero-order chi connectivity index (χ0) is 13.7. The standard InChI is InChI=1S/C13H23ClN4O/c1-17-12(14)9-16-13(17)10-18-6-3-11(4-7-18)19-8-2-5-15/h9,11H,2-8,10,15H2,1H3. The summed E-state index contributed by atoms with van der Waals surface area (Å²) in [6.07, 6.45) is 5.23. The van der Waals surface area contributed by atoms with E-state index >= 15 is 0 Å². The molecule has 1 aliphatic heterocycles. The van der Waals surface area contributed by atoms with E-state index in [1.807, 2.05) is 11.6 Å². The van der Waals surface area contributed by atoms with Crippen LogP contribution in [-0.2, 0) is 18.3 Å². The Labute approximate surface area is 119 Å². The summed E-state index contributed by atoms with van der Waals surface area (Å²) in [4.78, 5) is 6.74. The first kappa shape index (κ1) is 14.8. The molecule has 0 atom stereocenters. The van der Waals surface area contributed by atoms with Gasteiger partial charge >= 0.3 is 0 Å². The minimum absolute atomic E-state index is 0.396. The highest BCUT2D eigenvalue weighted by atomic mass is 35.5. The summed E-state index contributed by atoms with van der Waals surface area (Å²) in [5.74, 6) is 1.02. The first-order chi connectivity index (χ1) is 9.20. The largest absolute Gasteiger partial charge is 0.378 e. The maximum Gasteiger partial charge on any atom is 0.128 e. The summed E-state index contributed by atoms with van der Waals surface area (Å²) >= 11 is 5.99. The summed E-state index contributed by atoms with van der Waals surface area (Å²) in [5.41, 5.74) is 5.46. The average molecular weight is 287 g/mol. The van der Waals surface area contributed by atoms with Crippen LogP contribution < -0.4 is 5.73 Å². The molecule has 5 nitrogen and oxygen atoms in total. The molecule has 0 bridgehead atoms. The highest BCUT2D eigenvalue weighted by Gasteiger charge is 2.20. The Balaban J connectivity index is 1.73. The highest BCUT2D eigenvalue weighted by Crippen LogP contribution is 2.17. The maximum atomic E-state index is 5.99. The van der Waals surface area contributed by atoms with Crippen LogP contribution in [0.25, 0.3) is 0 Å². The van der Waals surface area contributed by atoms with Crippen molar-refractivity contribution in [3.05, 3.63) is 17.2 Å². The smallest absolute Gasteiger partial charge is 0.128 e. The van der Waals surface area contributed by atoms with Crippen molar-refractivity contribution in [1.82, 2.24) is 14.5 Å². The van der Waals surface area contributed by atoms with Gasteiger partial charge in [0, 0.05) is 26.7 Å². The lowest BCUT2D eigenvalue weighted by atomic mass is 10.1. The molecule has 1 aromatic rings. The van der Waals surface area contributed by atoms with Crippen LogP contribution in [0.4, 0.5) is 0 Å². The molecule has 19 heavy (non-hydrogen) atoms. The number of hydrogen-bond acceptors (Lipinski definition) is 4. The predicted octanol–water partition coefficient (Wildman–Crippen LogP) is 1.40. The molecular weight excluding hydrogens is 264 g/mol. The monoisotopic (exact) mass is 286 g/mol. The fourth-order valence-electron chi connectivity index (χ4n) is 2.34. The van der Waals surface area contributed by atoms with Crippen LogP contribution in [0.3, 0.4) is 0 Å². The van der Waals surface area contributed by atoms with E-state index in [0.29, 0.717) is 17.8 Å². The molecule has 0 spiro atoms. The Morgan fingerprint density at radius 3 is 2.79 bits per heavy atom. The summed E-state index contributed by atoms with van der Waals surface area (Å²) in [7, 11) is 1.95. The van der Waals surface area contributed by atoms with Gasteiger partial charge < -0.3 is 15.0 Å².